The lowest BCUT2D eigenvalue weighted by atomic mass is 10.2. The number of anilines is 1. The summed E-state index contributed by atoms with van der Waals surface area (Å²) in [6.07, 6.45) is 1.17. The standard InChI is InChI=1S/C22H16F3N5O2S/c1-33(32)21-17(5-3-11-27-21)20(31)28-15-6-8-16(9-7-15)30-19(22(23,24)25)12-18(29-30)14-4-2-10-26-13-14/h2-13H,1H3,(H,28,31). The van der Waals surface area contributed by atoms with Crippen molar-refractivity contribution in [2.45, 2.75) is 11.2 Å². The average molecular weight is 471 g/mol. The Morgan fingerprint density at radius 1 is 1.06 bits per heavy atom. The lowest BCUT2D eigenvalue weighted by Gasteiger charge is -2.11. The van der Waals surface area contributed by atoms with Gasteiger partial charge in [-0.15, -0.1) is 0 Å². The Hall–Kier alpha value is -3.86. The number of rotatable bonds is 5. The number of pyridine rings is 2. The molecule has 1 unspecified atom stereocenters. The van der Waals surface area contributed by atoms with E-state index in [-0.39, 0.29) is 22.0 Å². The third-order valence-electron chi connectivity index (χ3n) is 4.61. The first-order valence-electron chi connectivity index (χ1n) is 9.52. The second-order valence-corrected chi connectivity index (χ2v) is 8.17. The van der Waals surface area contributed by atoms with Gasteiger partial charge < -0.3 is 5.32 Å². The number of benzene rings is 1. The van der Waals surface area contributed by atoms with E-state index in [9.17, 15) is 22.2 Å². The Morgan fingerprint density at radius 3 is 2.42 bits per heavy atom. The van der Waals surface area contributed by atoms with Crippen molar-refractivity contribution in [1.29, 1.82) is 0 Å². The van der Waals surface area contributed by atoms with Crippen LogP contribution in [-0.4, -0.2) is 36.1 Å². The molecule has 4 aromatic rings. The van der Waals surface area contributed by atoms with E-state index in [1.807, 2.05) is 0 Å². The highest BCUT2D eigenvalue weighted by Gasteiger charge is 2.36. The molecular weight excluding hydrogens is 455 g/mol. The molecule has 1 aromatic carbocycles. The van der Waals surface area contributed by atoms with Gasteiger partial charge in [0.2, 0.25) is 0 Å². The van der Waals surface area contributed by atoms with Crippen LogP contribution >= 0.6 is 0 Å². The van der Waals surface area contributed by atoms with Crippen LogP contribution in [0.2, 0.25) is 0 Å². The summed E-state index contributed by atoms with van der Waals surface area (Å²) in [5, 5.41) is 6.89. The predicted molar refractivity (Wildman–Crippen MR) is 116 cm³/mol. The fourth-order valence-electron chi connectivity index (χ4n) is 3.11. The molecule has 7 nitrogen and oxygen atoms in total. The highest BCUT2D eigenvalue weighted by atomic mass is 32.2. The Balaban J connectivity index is 1.63. The third-order valence-corrected chi connectivity index (χ3v) is 5.48. The lowest BCUT2D eigenvalue weighted by Crippen LogP contribution is -2.16. The molecule has 0 saturated carbocycles. The maximum absolute atomic E-state index is 13.6. The first kappa shape index (κ1) is 22.3. The van der Waals surface area contributed by atoms with E-state index in [4.69, 9.17) is 0 Å². The Labute approximate surface area is 188 Å². The summed E-state index contributed by atoms with van der Waals surface area (Å²) in [6, 6.07) is 13.0. The van der Waals surface area contributed by atoms with Gasteiger partial charge in [0.1, 0.15) is 10.7 Å². The van der Waals surface area contributed by atoms with Crippen LogP contribution in [0.3, 0.4) is 0 Å². The van der Waals surface area contributed by atoms with E-state index in [0.717, 1.165) is 10.7 Å². The zero-order chi connectivity index (χ0) is 23.6. The number of hydrogen-bond acceptors (Lipinski definition) is 5. The molecule has 4 rings (SSSR count). The highest BCUT2D eigenvalue weighted by Crippen LogP contribution is 2.34. The zero-order valence-corrected chi connectivity index (χ0v) is 17.9. The van der Waals surface area contributed by atoms with Crippen LogP contribution in [0.4, 0.5) is 18.9 Å². The summed E-state index contributed by atoms with van der Waals surface area (Å²) in [5.74, 6) is -0.532. The van der Waals surface area contributed by atoms with E-state index in [1.54, 1.807) is 18.2 Å². The van der Waals surface area contributed by atoms with Gasteiger partial charge in [0.05, 0.1) is 27.7 Å². The smallest absolute Gasteiger partial charge is 0.322 e. The van der Waals surface area contributed by atoms with Gasteiger partial charge in [-0.05, 0) is 54.6 Å². The van der Waals surface area contributed by atoms with Crippen LogP contribution in [0.25, 0.3) is 16.9 Å². The molecule has 11 heteroatoms. The number of amides is 1. The summed E-state index contributed by atoms with van der Waals surface area (Å²) in [7, 11) is -1.47. The molecule has 0 fully saturated rings. The van der Waals surface area contributed by atoms with Crippen LogP contribution in [0.5, 0.6) is 0 Å². The second kappa shape index (κ2) is 8.94. The van der Waals surface area contributed by atoms with Crippen LogP contribution < -0.4 is 5.32 Å². The number of carbonyl (C=O) groups excluding carboxylic acids is 1. The fourth-order valence-corrected chi connectivity index (χ4v) is 3.79. The molecule has 1 amide bonds. The predicted octanol–water partition coefficient (Wildman–Crippen LogP) is 4.34. The number of halogens is 3. The number of nitrogens with zero attached hydrogens (tertiary/aromatic N) is 4. The molecule has 1 atom stereocenters. The van der Waals surface area contributed by atoms with Crippen LogP contribution in [0.15, 0.2) is 78.2 Å². The number of carbonyl (C=O) groups is 1. The molecule has 0 radical (unpaired) electrons. The minimum atomic E-state index is -4.63. The lowest BCUT2D eigenvalue weighted by molar-refractivity contribution is -0.142. The topological polar surface area (TPSA) is 89.8 Å². The summed E-state index contributed by atoms with van der Waals surface area (Å²) >= 11 is 0. The van der Waals surface area contributed by atoms with Crippen molar-refractivity contribution in [1.82, 2.24) is 19.7 Å². The molecule has 3 heterocycles. The molecule has 0 spiro atoms. The van der Waals surface area contributed by atoms with Gasteiger partial charge in [-0.25, -0.2) is 9.67 Å². The third kappa shape index (κ3) is 4.82. The van der Waals surface area contributed by atoms with Crippen molar-refractivity contribution in [3.05, 3.63) is 84.4 Å². The SMILES string of the molecule is CS(=O)c1ncccc1C(=O)Nc1ccc(-n2nc(-c3cccnc3)cc2C(F)(F)F)cc1. The molecule has 0 bridgehead atoms. The Kier molecular flexibility index (Phi) is 6.05. The Bertz CT molecular complexity index is 1320. The zero-order valence-electron chi connectivity index (χ0n) is 17.1. The minimum Gasteiger partial charge on any atom is -0.322 e. The van der Waals surface area contributed by atoms with Crippen molar-refractivity contribution in [3.8, 4) is 16.9 Å². The molecule has 0 aliphatic rings. The summed E-state index contributed by atoms with van der Waals surface area (Å²) in [5.41, 5.74) is 0.287. The van der Waals surface area contributed by atoms with Crippen LogP contribution in [0, 0.1) is 0 Å². The largest absolute Gasteiger partial charge is 0.433 e. The second-order valence-electron chi connectivity index (χ2n) is 6.88. The molecule has 3 aromatic heterocycles. The maximum Gasteiger partial charge on any atom is 0.433 e. The van der Waals surface area contributed by atoms with Gasteiger partial charge in [-0.3, -0.25) is 14.0 Å². The number of nitrogens with one attached hydrogen (secondary N) is 1. The highest BCUT2D eigenvalue weighted by molar-refractivity contribution is 7.84. The molecule has 168 valence electrons. The van der Waals surface area contributed by atoms with Crippen molar-refractivity contribution in [2.75, 3.05) is 11.6 Å². The number of hydrogen-bond donors (Lipinski definition) is 1. The van der Waals surface area contributed by atoms with Crippen molar-refractivity contribution >= 4 is 22.4 Å². The van der Waals surface area contributed by atoms with Gasteiger partial charge >= 0.3 is 6.18 Å². The normalized spacial score (nSPS) is 12.4. The minimum absolute atomic E-state index is 0.129. The first-order chi connectivity index (χ1) is 15.7. The molecule has 0 aliphatic heterocycles. The van der Waals surface area contributed by atoms with Gasteiger partial charge in [-0.2, -0.15) is 18.3 Å². The van der Waals surface area contributed by atoms with Crippen molar-refractivity contribution in [3.63, 3.8) is 0 Å². The molecule has 33 heavy (non-hydrogen) atoms. The molecule has 1 N–H and O–H groups in total. The van der Waals surface area contributed by atoms with E-state index in [2.05, 4.69) is 20.4 Å². The summed E-state index contributed by atoms with van der Waals surface area (Å²) < 4.78 is 53.5. The quantitative estimate of drug-likeness (QED) is 0.468. The van der Waals surface area contributed by atoms with Gasteiger partial charge in [-0.1, -0.05) is 0 Å². The molecule has 0 saturated heterocycles. The van der Waals surface area contributed by atoms with Crippen molar-refractivity contribution < 1.29 is 22.2 Å². The maximum atomic E-state index is 13.6. The van der Waals surface area contributed by atoms with Gasteiger partial charge in [0.25, 0.3) is 5.91 Å². The van der Waals surface area contributed by atoms with E-state index >= 15 is 0 Å². The summed E-state index contributed by atoms with van der Waals surface area (Å²) in [6.45, 7) is 0. The van der Waals surface area contributed by atoms with Crippen molar-refractivity contribution in [2.24, 2.45) is 0 Å². The van der Waals surface area contributed by atoms with Gasteiger partial charge in [0.15, 0.2) is 0 Å². The van der Waals surface area contributed by atoms with Crippen LogP contribution in [0.1, 0.15) is 16.1 Å². The summed E-state index contributed by atoms with van der Waals surface area (Å²) in [4.78, 5) is 20.5. The molecule has 0 aliphatic carbocycles. The number of aromatic nitrogens is 4. The van der Waals surface area contributed by atoms with E-state index in [1.165, 1.54) is 55.2 Å². The Morgan fingerprint density at radius 2 is 1.79 bits per heavy atom. The van der Waals surface area contributed by atoms with E-state index in [0.29, 0.717) is 11.3 Å². The first-order valence-corrected chi connectivity index (χ1v) is 11.1. The average Bonchev–Trinajstić information content (AvgIpc) is 3.26. The van der Waals surface area contributed by atoms with Gasteiger partial charge in [0, 0.05) is 36.1 Å². The fraction of sp³-hybridized carbons (Fsp3) is 0.0909. The van der Waals surface area contributed by atoms with Crippen LogP contribution in [-0.2, 0) is 17.0 Å². The van der Waals surface area contributed by atoms with E-state index < -0.39 is 28.6 Å². The number of alkyl halides is 3. The monoisotopic (exact) mass is 471 g/mol. The molecular formula is C22H16F3N5O2S.